The highest BCUT2D eigenvalue weighted by Gasteiger charge is 2.42. The molecule has 0 atom stereocenters. The van der Waals surface area contributed by atoms with Gasteiger partial charge in [0.05, 0.1) is 26.4 Å². The third-order valence-electron chi connectivity index (χ3n) is 6.54. The maximum Gasteiger partial charge on any atom is 0.274 e. The van der Waals surface area contributed by atoms with E-state index in [2.05, 4.69) is 22.3 Å². The number of aromatic amines is 1. The van der Waals surface area contributed by atoms with Gasteiger partial charge >= 0.3 is 0 Å². The number of carbonyl (C=O) groups is 1. The Hall–Kier alpha value is -2.54. The molecule has 7 heteroatoms. The number of hydrogen-bond acceptors (Lipinski definition) is 5. The van der Waals surface area contributed by atoms with Crippen LogP contribution in [-0.4, -0.2) is 54.9 Å². The van der Waals surface area contributed by atoms with Crippen LogP contribution in [0.5, 0.6) is 11.5 Å². The fourth-order valence-corrected chi connectivity index (χ4v) is 4.68. The van der Waals surface area contributed by atoms with E-state index in [1.165, 1.54) is 24.0 Å². The highest BCUT2D eigenvalue weighted by atomic mass is 16.5. The van der Waals surface area contributed by atoms with E-state index in [9.17, 15) is 4.79 Å². The zero-order chi connectivity index (χ0) is 20.0. The van der Waals surface area contributed by atoms with E-state index in [-0.39, 0.29) is 11.5 Å². The standard InChI is InChI=1S/C22H27N3O4/c1-27-19-11-15-5-10-29-22(16(15)12-20(19)28-2)6-8-25(9-7-22)21(26)18-13-17(23-24-18)14-3-4-14/h11-14H,3-10H2,1-2H3,(H,23,24). The second-order valence-electron chi connectivity index (χ2n) is 8.23. The number of methoxy groups -OCH3 is 2. The number of H-pyrrole nitrogens is 1. The molecule has 1 aliphatic carbocycles. The van der Waals surface area contributed by atoms with Gasteiger partial charge in [0.2, 0.25) is 0 Å². The molecule has 154 valence electrons. The molecule has 1 spiro atoms. The van der Waals surface area contributed by atoms with Crippen LogP contribution in [0.4, 0.5) is 0 Å². The number of piperidine rings is 1. The van der Waals surface area contributed by atoms with Crippen molar-refractivity contribution in [1.29, 1.82) is 0 Å². The van der Waals surface area contributed by atoms with Gasteiger partial charge in [0.1, 0.15) is 5.69 Å². The minimum atomic E-state index is -0.366. The van der Waals surface area contributed by atoms with Crippen molar-refractivity contribution in [3.05, 3.63) is 40.7 Å². The van der Waals surface area contributed by atoms with Crippen molar-refractivity contribution in [3.63, 3.8) is 0 Å². The second-order valence-corrected chi connectivity index (χ2v) is 8.23. The maximum absolute atomic E-state index is 12.9. The molecule has 1 amide bonds. The molecule has 1 aromatic heterocycles. The van der Waals surface area contributed by atoms with Crippen LogP contribution in [0, 0.1) is 0 Å². The number of rotatable bonds is 4. The number of nitrogens with zero attached hydrogens (tertiary/aromatic N) is 2. The largest absolute Gasteiger partial charge is 0.493 e. The number of fused-ring (bicyclic) bond motifs is 2. The van der Waals surface area contributed by atoms with Gasteiger partial charge in [-0.25, -0.2) is 0 Å². The molecule has 0 bridgehead atoms. The molecule has 29 heavy (non-hydrogen) atoms. The number of benzene rings is 1. The molecule has 7 nitrogen and oxygen atoms in total. The van der Waals surface area contributed by atoms with Gasteiger partial charge in [0.25, 0.3) is 5.91 Å². The number of hydrogen-bond donors (Lipinski definition) is 1. The van der Waals surface area contributed by atoms with Crippen LogP contribution < -0.4 is 9.47 Å². The third-order valence-corrected chi connectivity index (χ3v) is 6.54. The molecule has 1 saturated heterocycles. The predicted octanol–water partition coefficient (Wildman–Crippen LogP) is 3.01. The van der Waals surface area contributed by atoms with E-state index in [0.717, 1.165) is 36.5 Å². The fourth-order valence-electron chi connectivity index (χ4n) is 4.68. The van der Waals surface area contributed by atoms with Crippen molar-refractivity contribution in [1.82, 2.24) is 15.1 Å². The number of aromatic nitrogens is 2. The van der Waals surface area contributed by atoms with Crippen LogP contribution >= 0.6 is 0 Å². The van der Waals surface area contributed by atoms with E-state index >= 15 is 0 Å². The Morgan fingerprint density at radius 3 is 2.59 bits per heavy atom. The van der Waals surface area contributed by atoms with Crippen molar-refractivity contribution >= 4 is 5.91 Å². The molecule has 1 N–H and O–H groups in total. The molecule has 2 aromatic rings. The Bertz CT molecular complexity index is 926. The summed E-state index contributed by atoms with van der Waals surface area (Å²) < 4.78 is 17.3. The van der Waals surface area contributed by atoms with Gasteiger partial charge in [0, 0.05) is 24.7 Å². The maximum atomic E-state index is 12.9. The fraction of sp³-hybridized carbons (Fsp3) is 0.545. The minimum Gasteiger partial charge on any atom is -0.493 e. The summed E-state index contributed by atoms with van der Waals surface area (Å²) in [5.74, 6) is 2.04. The van der Waals surface area contributed by atoms with Gasteiger partial charge in [-0.1, -0.05) is 0 Å². The molecule has 3 aliphatic rings. The first-order valence-corrected chi connectivity index (χ1v) is 10.4. The van der Waals surface area contributed by atoms with Gasteiger partial charge in [0.15, 0.2) is 11.5 Å². The first-order valence-electron chi connectivity index (χ1n) is 10.4. The lowest BCUT2D eigenvalue weighted by atomic mass is 9.79. The Morgan fingerprint density at radius 1 is 1.17 bits per heavy atom. The summed E-state index contributed by atoms with van der Waals surface area (Å²) in [6, 6.07) is 6.05. The van der Waals surface area contributed by atoms with Crippen molar-refractivity contribution in [2.45, 2.75) is 43.6 Å². The summed E-state index contributed by atoms with van der Waals surface area (Å²) in [4.78, 5) is 14.8. The normalized spacial score (nSPS) is 20.4. The molecule has 0 radical (unpaired) electrons. The Morgan fingerprint density at radius 2 is 1.90 bits per heavy atom. The first kappa shape index (κ1) is 18.5. The lowest BCUT2D eigenvalue weighted by Gasteiger charge is -2.45. The average molecular weight is 397 g/mol. The number of amides is 1. The SMILES string of the molecule is COc1cc2c(cc1OC)C1(CCN(C(=O)c3cc(C4CC4)[nH]n3)CC1)OCC2. The summed E-state index contributed by atoms with van der Waals surface area (Å²) in [5.41, 5.74) is 3.67. The second kappa shape index (κ2) is 7.06. The molecule has 2 fully saturated rings. The molecule has 1 saturated carbocycles. The quantitative estimate of drug-likeness (QED) is 0.858. The lowest BCUT2D eigenvalue weighted by Crippen LogP contribution is -2.48. The van der Waals surface area contributed by atoms with E-state index in [1.807, 2.05) is 11.0 Å². The highest BCUT2D eigenvalue weighted by Crippen LogP contribution is 2.45. The summed E-state index contributed by atoms with van der Waals surface area (Å²) in [7, 11) is 3.31. The monoisotopic (exact) mass is 397 g/mol. The molecule has 3 heterocycles. The van der Waals surface area contributed by atoms with Gasteiger partial charge in [-0.2, -0.15) is 5.10 Å². The van der Waals surface area contributed by atoms with E-state index in [4.69, 9.17) is 14.2 Å². The van der Waals surface area contributed by atoms with Crippen LogP contribution in [0.3, 0.4) is 0 Å². The van der Waals surface area contributed by atoms with E-state index in [1.54, 1.807) is 14.2 Å². The van der Waals surface area contributed by atoms with Crippen LogP contribution in [0.1, 0.15) is 58.9 Å². The zero-order valence-corrected chi connectivity index (χ0v) is 17.0. The van der Waals surface area contributed by atoms with Crippen molar-refractivity contribution in [3.8, 4) is 11.5 Å². The smallest absolute Gasteiger partial charge is 0.274 e. The van der Waals surface area contributed by atoms with E-state index < -0.39 is 0 Å². The third kappa shape index (κ3) is 3.17. The number of ether oxygens (including phenoxy) is 3. The Balaban J connectivity index is 1.35. The summed E-state index contributed by atoms with van der Waals surface area (Å²) in [6.45, 7) is 1.98. The minimum absolute atomic E-state index is 0.00587. The molecule has 5 rings (SSSR count). The van der Waals surface area contributed by atoms with E-state index in [0.29, 0.717) is 31.3 Å². The molecular weight excluding hydrogens is 370 g/mol. The molecule has 1 aromatic carbocycles. The Labute approximate surface area is 170 Å². The molecule has 2 aliphatic heterocycles. The molecule has 0 unspecified atom stereocenters. The van der Waals surface area contributed by atoms with Crippen molar-refractivity contribution < 1.29 is 19.0 Å². The van der Waals surface area contributed by atoms with Crippen LogP contribution in [0.2, 0.25) is 0 Å². The number of nitrogens with one attached hydrogen (secondary N) is 1. The summed E-state index contributed by atoms with van der Waals surface area (Å²) in [5, 5.41) is 7.29. The van der Waals surface area contributed by atoms with Gasteiger partial charge < -0.3 is 19.1 Å². The summed E-state index contributed by atoms with van der Waals surface area (Å²) >= 11 is 0. The van der Waals surface area contributed by atoms with Gasteiger partial charge in [-0.15, -0.1) is 0 Å². The molecular formula is C22H27N3O4. The van der Waals surface area contributed by atoms with Crippen LogP contribution in [-0.2, 0) is 16.8 Å². The topological polar surface area (TPSA) is 76.7 Å². The average Bonchev–Trinajstić information content (AvgIpc) is 3.50. The van der Waals surface area contributed by atoms with Gasteiger partial charge in [-0.05, 0) is 61.4 Å². The lowest BCUT2D eigenvalue weighted by molar-refractivity contribution is -0.0936. The Kier molecular flexibility index (Phi) is 4.50. The first-order chi connectivity index (χ1) is 14.1. The van der Waals surface area contributed by atoms with Crippen molar-refractivity contribution in [2.24, 2.45) is 0 Å². The van der Waals surface area contributed by atoms with Crippen LogP contribution in [0.25, 0.3) is 0 Å². The number of likely N-dealkylation sites (tertiary alicyclic amines) is 1. The predicted molar refractivity (Wildman–Crippen MR) is 107 cm³/mol. The summed E-state index contributed by atoms with van der Waals surface area (Å²) in [6.07, 6.45) is 4.76. The van der Waals surface area contributed by atoms with Gasteiger partial charge in [-0.3, -0.25) is 9.89 Å². The van der Waals surface area contributed by atoms with Crippen LogP contribution in [0.15, 0.2) is 18.2 Å². The number of carbonyl (C=O) groups excluding carboxylic acids is 1. The highest BCUT2D eigenvalue weighted by molar-refractivity contribution is 5.92. The zero-order valence-electron chi connectivity index (χ0n) is 17.0. The van der Waals surface area contributed by atoms with Crippen molar-refractivity contribution in [2.75, 3.05) is 33.9 Å².